The maximum Gasteiger partial charge on any atom is 0.269 e. The molecule has 0 bridgehead atoms. The number of hydrogen-bond donors (Lipinski definition) is 2. The topological polar surface area (TPSA) is 106 Å². The first kappa shape index (κ1) is 19.7. The molecule has 152 valence electrons. The van der Waals surface area contributed by atoms with Gasteiger partial charge < -0.3 is 0 Å². The van der Waals surface area contributed by atoms with E-state index in [-0.39, 0.29) is 16.0 Å². The van der Waals surface area contributed by atoms with Gasteiger partial charge in [0, 0.05) is 0 Å². The van der Waals surface area contributed by atoms with E-state index in [1.165, 1.54) is 48.4 Å². The molecule has 30 heavy (non-hydrogen) atoms. The third-order valence-electron chi connectivity index (χ3n) is 4.46. The monoisotopic (exact) mass is 425 g/mol. The predicted molar refractivity (Wildman–Crippen MR) is 108 cm³/mol. The molecular formula is C20H16FN5O3S. The van der Waals surface area contributed by atoms with Crippen LogP contribution in [0, 0.1) is 12.7 Å². The second-order valence-electron chi connectivity index (χ2n) is 6.51. The Morgan fingerprint density at radius 2 is 1.70 bits per heavy atom. The average Bonchev–Trinajstić information content (AvgIpc) is 3.28. The van der Waals surface area contributed by atoms with Gasteiger partial charge in [-0.25, -0.2) is 12.8 Å². The molecule has 0 radical (unpaired) electrons. The molecular weight excluding hydrogens is 409 g/mol. The highest BCUT2D eigenvalue weighted by Gasteiger charge is 2.20. The maximum atomic E-state index is 14.5. The van der Waals surface area contributed by atoms with E-state index in [0.29, 0.717) is 5.69 Å². The van der Waals surface area contributed by atoms with E-state index >= 15 is 0 Å². The Kier molecular flexibility index (Phi) is 5.02. The number of carbonyl (C=O) groups excluding carboxylic acids is 1. The molecule has 3 aromatic carbocycles. The van der Waals surface area contributed by atoms with Crippen LogP contribution >= 0.6 is 0 Å². The number of carbonyl (C=O) groups is 1. The van der Waals surface area contributed by atoms with E-state index in [1.807, 2.05) is 17.0 Å². The van der Waals surface area contributed by atoms with Gasteiger partial charge in [-0.1, -0.05) is 30.3 Å². The lowest BCUT2D eigenvalue weighted by Gasteiger charge is -2.12. The van der Waals surface area contributed by atoms with Crippen molar-refractivity contribution in [2.45, 2.75) is 11.8 Å². The fourth-order valence-corrected chi connectivity index (χ4v) is 3.83. The Morgan fingerprint density at radius 1 is 1.00 bits per heavy atom. The van der Waals surface area contributed by atoms with Gasteiger partial charge in [-0.2, -0.15) is 15.0 Å². The largest absolute Gasteiger partial charge is 0.273 e. The third kappa shape index (κ3) is 3.78. The van der Waals surface area contributed by atoms with Crippen LogP contribution in [0.2, 0.25) is 0 Å². The van der Waals surface area contributed by atoms with Gasteiger partial charge in [0.1, 0.15) is 5.82 Å². The van der Waals surface area contributed by atoms with Crippen molar-refractivity contribution in [2.75, 3.05) is 0 Å². The zero-order valence-corrected chi connectivity index (χ0v) is 16.5. The lowest BCUT2D eigenvalue weighted by molar-refractivity contribution is 0.0941. The van der Waals surface area contributed by atoms with Gasteiger partial charge in [-0.15, -0.1) is 4.83 Å². The van der Waals surface area contributed by atoms with Crippen LogP contribution in [0.3, 0.4) is 0 Å². The van der Waals surface area contributed by atoms with Crippen molar-refractivity contribution >= 4 is 26.7 Å². The summed E-state index contributed by atoms with van der Waals surface area (Å²) >= 11 is 0. The van der Waals surface area contributed by atoms with Crippen LogP contribution in [0.1, 0.15) is 15.9 Å². The fourth-order valence-electron chi connectivity index (χ4n) is 2.95. The summed E-state index contributed by atoms with van der Waals surface area (Å²) in [7, 11) is -4.07. The molecule has 0 atom stereocenters. The zero-order valence-electron chi connectivity index (χ0n) is 15.7. The van der Waals surface area contributed by atoms with E-state index in [0.717, 1.165) is 10.8 Å². The van der Waals surface area contributed by atoms with Gasteiger partial charge in [0.15, 0.2) is 0 Å². The highest BCUT2D eigenvalue weighted by Crippen LogP contribution is 2.20. The summed E-state index contributed by atoms with van der Waals surface area (Å²) in [5.41, 5.74) is 2.27. The smallest absolute Gasteiger partial charge is 0.269 e. The van der Waals surface area contributed by atoms with Crippen molar-refractivity contribution in [3.63, 3.8) is 0 Å². The van der Waals surface area contributed by atoms with Crippen LogP contribution in [0.15, 0.2) is 71.9 Å². The summed E-state index contributed by atoms with van der Waals surface area (Å²) in [5.74, 6) is -1.72. The standard InChI is InChI=1S/C20H16FN5O3S/c1-13-10-16(26-22-8-9-23-26)12-18(19(13)21)20(27)24-25-30(28,29)17-7-6-14-4-2-3-5-15(14)11-17/h2-12,25H,1H3,(H,24,27). The highest BCUT2D eigenvalue weighted by atomic mass is 32.2. The molecule has 0 aliphatic carbocycles. The van der Waals surface area contributed by atoms with E-state index < -0.39 is 21.7 Å². The molecule has 2 N–H and O–H groups in total. The number of aromatic nitrogens is 3. The molecule has 0 aliphatic rings. The van der Waals surface area contributed by atoms with Crippen molar-refractivity contribution in [1.82, 2.24) is 25.3 Å². The van der Waals surface area contributed by atoms with Crippen LogP contribution < -0.4 is 10.3 Å². The second kappa shape index (κ2) is 7.65. The van der Waals surface area contributed by atoms with Gasteiger partial charge in [-0.3, -0.25) is 10.2 Å². The summed E-state index contributed by atoms with van der Waals surface area (Å²) in [6, 6.07) is 14.6. The number of rotatable bonds is 5. The minimum atomic E-state index is -4.07. The normalized spacial score (nSPS) is 11.5. The molecule has 0 aliphatic heterocycles. The first-order chi connectivity index (χ1) is 14.3. The van der Waals surface area contributed by atoms with E-state index in [1.54, 1.807) is 18.2 Å². The van der Waals surface area contributed by atoms with Crippen LogP contribution in [-0.2, 0) is 10.0 Å². The molecule has 0 saturated heterocycles. The number of halogens is 1. The third-order valence-corrected chi connectivity index (χ3v) is 5.71. The molecule has 1 amide bonds. The molecule has 8 nitrogen and oxygen atoms in total. The lowest BCUT2D eigenvalue weighted by Crippen LogP contribution is -2.42. The Balaban J connectivity index is 1.58. The molecule has 4 rings (SSSR count). The van der Waals surface area contributed by atoms with Crippen LogP contribution in [-0.4, -0.2) is 29.3 Å². The first-order valence-electron chi connectivity index (χ1n) is 8.83. The van der Waals surface area contributed by atoms with Gasteiger partial charge in [0.05, 0.1) is 28.5 Å². The van der Waals surface area contributed by atoms with E-state index in [2.05, 4.69) is 15.6 Å². The van der Waals surface area contributed by atoms with Crippen molar-refractivity contribution in [3.8, 4) is 5.69 Å². The Bertz CT molecular complexity index is 1350. The molecule has 0 unspecified atom stereocenters. The van der Waals surface area contributed by atoms with Crippen molar-refractivity contribution in [3.05, 3.63) is 83.9 Å². The number of benzene rings is 3. The SMILES string of the molecule is Cc1cc(-n2nccn2)cc(C(=O)NNS(=O)(=O)c2ccc3ccccc3c2)c1F. The summed E-state index contributed by atoms with van der Waals surface area (Å²) in [6.07, 6.45) is 2.88. The molecule has 0 fully saturated rings. The molecule has 4 aromatic rings. The zero-order chi connectivity index (χ0) is 21.3. The van der Waals surface area contributed by atoms with Crippen molar-refractivity contribution in [1.29, 1.82) is 0 Å². The number of hydrogen-bond acceptors (Lipinski definition) is 5. The number of nitrogens with zero attached hydrogens (tertiary/aromatic N) is 3. The molecule has 0 spiro atoms. The minimum Gasteiger partial charge on any atom is -0.273 e. The van der Waals surface area contributed by atoms with E-state index in [4.69, 9.17) is 0 Å². The number of aryl methyl sites for hydroxylation is 1. The number of fused-ring (bicyclic) bond motifs is 1. The quantitative estimate of drug-likeness (QED) is 0.478. The Hall–Kier alpha value is -3.63. The van der Waals surface area contributed by atoms with Gasteiger partial charge in [0.2, 0.25) is 0 Å². The second-order valence-corrected chi connectivity index (χ2v) is 8.19. The van der Waals surface area contributed by atoms with Crippen molar-refractivity contribution in [2.24, 2.45) is 0 Å². The lowest BCUT2D eigenvalue weighted by atomic mass is 10.1. The number of sulfonamides is 1. The number of nitrogens with one attached hydrogen (secondary N) is 2. The Labute approximate surface area is 171 Å². The molecule has 10 heteroatoms. The van der Waals surface area contributed by atoms with Crippen LogP contribution in [0.25, 0.3) is 16.5 Å². The number of amides is 1. The first-order valence-corrected chi connectivity index (χ1v) is 10.3. The van der Waals surface area contributed by atoms with Crippen LogP contribution in [0.4, 0.5) is 4.39 Å². The van der Waals surface area contributed by atoms with Gasteiger partial charge in [0.25, 0.3) is 15.9 Å². The Morgan fingerprint density at radius 3 is 2.43 bits per heavy atom. The molecule has 0 saturated carbocycles. The molecule has 1 heterocycles. The fraction of sp³-hybridized carbons (Fsp3) is 0.0500. The summed E-state index contributed by atoms with van der Waals surface area (Å²) in [5, 5.41) is 9.50. The van der Waals surface area contributed by atoms with Crippen LogP contribution in [0.5, 0.6) is 0 Å². The summed E-state index contributed by atoms with van der Waals surface area (Å²) in [6.45, 7) is 1.48. The van der Waals surface area contributed by atoms with Crippen molar-refractivity contribution < 1.29 is 17.6 Å². The van der Waals surface area contributed by atoms with E-state index in [9.17, 15) is 17.6 Å². The maximum absolute atomic E-state index is 14.5. The van der Waals surface area contributed by atoms with Gasteiger partial charge in [-0.05, 0) is 47.5 Å². The average molecular weight is 425 g/mol. The summed E-state index contributed by atoms with van der Waals surface area (Å²) < 4.78 is 39.6. The predicted octanol–water partition coefficient (Wildman–Crippen LogP) is 2.49. The number of hydrazine groups is 1. The summed E-state index contributed by atoms with van der Waals surface area (Å²) in [4.78, 5) is 15.7. The highest BCUT2D eigenvalue weighted by molar-refractivity contribution is 7.89. The molecule has 1 aromatic heterocycles. The van der Waals surface area contributed by atoms with Gasteiger partial charge >= 0.3 is 0 Å². The minimum absolute atomic E-state index is 0.0346.